The number of benzene rings is 1. The molecule has 0 bridgehead atoms. The number of nitrogens with one attached hydrogen (secondary N) is 1. The highest BCUT2D eigenvalue weighted by molar-refractivity contribution is 6.33. The molecule has 9 heteroatoms. The number of halogens is 2. The number of H-pyrrole nitrogens is 1. The van der Waals surface area contributed by atoms with Crippen molar-refractivity contribution in [1.29, 1.82) is 0 Å². The molecule has 0 radical (unpaired) electrons. The van der Waals surface area contributed by atoms with E-state index in [4.69, 9.17) is 26.1 Å². The average Bonchev–Trinajstić information content (AvgIpc) is 3.64. The van der Waals surface area contributed by atoms with Gasteiger partial charge >= 0.3 is 0 Å². The van der Waals surface area contributed by atoms with Gasteiger partial charge in [0.05, 0.1) is 36.4 Å². The zero-order valence-corrected chi connectivity index (χ0v) is 21.3. The van der Waals surface area contributed by atoms with E-state index in [1.807, 2.05) is 12.1 Å². The van der Waals surface area contributed by atoms with E-state index in [0.29, 0.717) is 40.9 Å². The summed E-state index contributed by atoms with van der Waals surface area (Å²) in [6, 6.07) is 3.73. The number of anilines is 1. The molecular weight excluding hydrogens is 481 g/mol. The Balaban J connectivity index is 1.58. The molecule has 0 unspecified atom stereocenters. The second kappa shape index (κ2) is 9.39. The lowest BCUT2D eigenvalue weighted by Crippen LogP contribution is -2.28. The molecule has 188 valence electrons. The largest absolute Gasteiger partial charge is 0.481 e. The zero-order valence-electron chi connectivity index (χ0n) is 20.5. The van der Waals surface area contributed by atoms with Crippen LogP contribution in [0.1, 0.15) is 56.9 Å². The number of hydrogen-bond donors (Lipinski definition) is 1. The third-order valence-electron chi connectivity index (χ3n) is 7.21. The number of fused-ring (bicyclic) bond motifs is 1. The first kappa shape index (κ1) is 23.3. The van der Waals surface area contributed by atoms with Crippen LogP contribution in [0.25, 0.3) is 33.1 Å². The molecule has 7 nitrogen and oxygen atoms in total. The number of ether oxygens (including phenoxy) is 2. The molecule has 1 fully saturated rings. The van der Waals surface area contributed by atoms with Crippen LogP contribution in [0.3, 0.4) is 0 Å². The van der Waals surface area contributed by atoms with Crippen LogP contribution in [0.2, 0.25) is 5.02 Å². The van der Waals surface area contributed by atoms with Crippen LogP contribution >= 0.6 is 11.6 Å². The summed E-state index contributed by atoms with van der Waals surface area (Å²) in [6.45, 7) is 4.18. The smallest absolute Gasteiger partial charge is 0.225 e. The molecule has 0 spiro atoms. The maximum atomic E-state index is 16.5. The number of nitrogens with zero attached hydrogens (tertiary/aromatic N) is 4. The Kier molecular flexibility index (Phi) is 6.07. The van der Waals surface area contributed by atoms with Crippen LogP contribution in [0, 0.1) is 5.82 Å². The van der Waals surface area contributed by atoms with Gasteiger partial charge in [-0.3, -0.25) is 5.10 Å². The molecule has 36 heavy (non-hydrogen) atoms. The van der Waals surface area contributed by atoms with E-state index in [1.165, 1.54) is 12.8 Å². The number of pyridine rings is 2. The maximum Gasteiger partial charge on any atom is 0.225 e. The lowest BCUT2D eigenvalue weighted by Gasteiger charge is -2.24. The Morgan fingerprint density at radius 3 is 2.86 bits per heavy atom. The van der Waals surface area contributed by atoms with Gasteiger partial charge in [0.25, 0.3) is 0 Å². The summed E-state index contributed by atoms with van der Waals surface area (Å²) >= 11 is 6.72. The van der Waals surface area contributed by atoms with Gasteiger partial charge in [-0.05, 0) is 36.8 Å². The third kappa shape index (κ3) is 3.92. The van der Waals surface area contributed by atoms with Crippen molar-refractivity contribution in [2.24, 2.45) is 0 Å². The minimum absolute atomic E-state index is 0.191. The molecular formula is C27H29ClFN5O2. The number of rotatable bonds is 8. The highest BCUT2D eigenvalue weighted by Gasteiger charge is 2.34. The van der Waals surface area contributed by atoms with Gasteiger partial charge in [0.1, 0.15) is 17.8 Å². The van der Waals surface area contributed by atoms with Crippen LogP contribution < -0.4 is 14.4 Å². The van der Waals surface area contributed by atoms with Crippen molar-refractivity contribution in [3.05, 3.63) is 34.7 Å². The number of aromatic amines is 1. The first-order valence-corrected chi connectivity index (χ1v) is 13.1. The van der Waals surface area contributed by atoms with E-state index < -0.39 is 5.82 Å². The van der Waals surface area contributed by atoms with Crippen LogP contribution in [0.5, 0.6) is 11.8 Å². The fraction of sp³-hybridized carbons (Fsp3) is 0.444. The first-order valence-electron chi connectivity index (χ1n) is 12.7. The molecule has 6 rings (SSSR count). The van der Waals surface area contributed by atoms with Crippen LogP contribution in [0.15, 0.2) is 18.3 Å². The van der Waals surface area contributed by atoms with Crippen molar-refractivity contribution in [1.82, 2.24) is 20.2 Å². The predicted molar refractivity (Wildman–Crippen MR) is 140 cm³/mol. The Morgan fingerprint density at radius 2 is 2.08 bits per heavy atom. The molecule has 0 atom stereocenters. The molecule has 1 saturated carbocycles. The number of aromatic nitrogens is 4. The van der Waals surface area contributed by atoms with Crippen molar-refractivity contribution in [3.63, 3.8) is 0 Å². The van der Waals surface area contributed by atoms with E-state index >= 15 is 4.39 Å². The minimum atomic E-state index is -0.503. The van der Waals surface area contributed by atoms with E-state index in [-0.39, 0.29) is 17.1 Å². The van der Waals surface area contributed by atoms with E-state index in [9.17, 15) is 0 Å². The van der Waals surface area contributed by atoms with E-state index in [0.717, 1.165) is 54.4 Å². The third-order valence-corrected chi connectivity index (χ3v) is 7.52. The average molecular weight is 510 g/mol. The molecule has 1 aliphatic carbocycles. The standard InChI is InChI=1S/C27H29ClFN5O2/c1-3-4-5-6-9-34-10-11-36-27-23-19(34)13-20(35-2)31-26(23)24(29)25(32-27)22-16-14-30-33-18(16)12-17(28)21(22)15-7-8-15/h12-15H,3-11H2,1-2H3,(H,30,33). The summed E-state index contributed by atoms with van der Waals surface area (Å²) in [5.41, 5.74) is 3.56. The van der Waals surface area contributed by atoms with Crippen molar-refractivity contribution in [2.75, 3.05) is 31.7 Å². The number of hydrogen-bond acceptors (Lipinski definition) is 6. The molecule has 1 aromatic carbocycles. The Morgan fingerprint density at radius 1 is 1.22 bits per heavy atom. The van der Waals surface area contributed by atoms with Crippen molar-refractivity contribution in [3.8, 4) is 23.0 Å². The van der Waals surface area contributed by atoms with Crippen LogP contribution in [-0.2, 0) is 0 Å². The molecule has 0 amide bonds. The summed E-state index contributed by atoms with van der Waals surface area (Å²) in [5.74, 6) is 0.524. The van der Waals surface area contributed by atoms with Gasteiger partial charge in [0.15, 0.2) is 5.82 Å². The molecule has 3 aromatic heterocycles. The molecule has 1 N–H and O–H groups in total. The summed E-state index contributed by atoms with van der Waals surface area (Å²) in [7, 11) is 1.55. The second-order valence-corrected chi connectivity index (χ2v) is 10.0. The van der Waals surface area contributed by atoms with Gasteiger partial charge in [-0.2, -0.15) is 5.10 Å². The topological polar surface area (TPSA) is 76.2 Å². The summed E-state index contributed by atoms with van der Waals surface area (Å²) in [5, 5.41) is 9.13. The molecule has 0 saturated heterocycles. The zero-order chi connectivity index (χ0) is 24.8. The number of unbranched alkanes of at least 4 members (excludes halogenated alkanes) is 3. The highest BCUT2D eigenvalue weighted by atomic mass is 35.5. The Hall–Kier alpha value is -3.13. The fourth-order valence-electron chi connectivity index (χ4n) is 5.26. The summed E-state index contributed by atoms with van der Waals surface area (Å²) in [4.78, 5) is 11.6. The lowest BCUT2D eigenvalue weighted by molar-refractivity contribution is 0.319. The van der Waals surface area contributed by atoms with Gasteiger partial charge in [-0.1, -0.05) is 37.8 Å². The van der Waals surface area contributed by atoms with Gasteiger partial charge in [0, 0.05) is 28.6 Å². The highest BCUT2D eigenvalue weighted by Crippen LogP contribution is 2.51. The van der Waals surface area contributed by atoms with Crippen LogP contribution in [0.4, 0.5) is 10.1 Å². The SMILES string of the molecule is CCCCCCN1CCOc2nc(-c3c(C4CC4)c(Cl)cc4[nH]ncc34)c(F)c3nc(OC)cc1c23. The number of methoxy groups -OCH3 is 1. The van der Waals surface area contributed by atoms with Crippen molar-refractivity contribution < 1.29 is 13.9 Å². The quantitative estimate of drug-likeness (QED) is 0.269. The minimum Gasteiger partial charge on any atom is -0.481 e. The first-order chi connectivity index (χ1) is 17.6. The van der Waals surface area contributed by atoms with Crippen molar-refractivity contribution in [2.45, 2.75) is 51.4 Å². The van der Waals surface area contributed by atoms with Gasteiger partial charge in [-0.25, -0.2) is 14.4 Å². The maximum absolute atomic E-state index is 16.5. The fourth-order valence-corrected chi connectivity index (χ4v) is 5.61. The second-order valence-electron chi connectivity index (χ2n) is 9.64. The molecule has 2 aliphatic rings. The predicted octanol–water partition coefficient (Wildman–Crippen LogP) is 6.63. The van der Waals surface area contributed by atoms with Gasteiger partial charge in [-0.15, -0.1) is 0 Å². The van der Waals surface area contributed by atoms with Crippen molar-refractivity contribution >= 4 is 39.1 Å². The Labute approximate surface area is 214 Å². The van der Waals surface area contributed by atoms with Gasteiger partial charge < -0.3 is 14.4 Å². The molecule has 4 aromatic rings. The summed E-state index contributed by atoms with van der Waals surface area (Å²) < 4.78 is 28.2. The summed E-state index contributed by atoms with van der Waals surface area (Å²) in [6.07, 6.45) is 8.30. The Bertz CT molecular complexity index is 1450. The molecule has 4 heterocycles. The van der Waals surface area contributed by atoms with E-state index in [2.05, 4.69) is 27.0 Å². The molecule has 1 aliphatic heterocycles. The van der Waals surface area contributed by atoms with Gasteiger partial charge in [0.2, 0.25) is 11.8 Å². The normalized spacial score (nSPS) is 15.4. The monoisotopic (exact) mass is 509 g/mol. The van der Waals surface area contributed by atoms with E-state index in [1.54, 1.807) is 13.3 Å². The lowest BCUT2D eigenvalue weighted by atomic mass is 9.95. The van der Waals surface area contributed by atoms with Crippen LogP contribution in [-0.4, -0.2) is 47.0 Å².